The molecule has 2 heterocycles. The molecule has 32 heavy (non-hydrogen) atoms. The van der Waals surface area contributed by atoms with Crippen molar-refractivity contribution >= 4 is 22.7 Å². The van der Waals surface area contributed by atoms with E-state index in [1.54, 1.807) is 33.4 Å². The Labute approximate surface area is 185 Å². The van der Waals surface area contributed by atoms with E-state index < -0.39 is 0 Å². The lowest BCUT2D eigenvalue weighted by molar-refractivity contribution is -0.121. The van der Waals surface area contributed by atoms with Gasteiger partial charge in [0, 0.05) is 17.8 Å². The molecule has 0 radical (unpaired) electrons. The van der Waals surface area contributed by atoms with Gasteiger partial charge in [-0.05, 0) is 43.3 Å². The van der Waals surface area contributed by atoms with Crippen molar-refractivity contribution in [2.75, 3.05) is 14.2 Å². The first-order chi connectivity index (χ1) is 15.6. The van der Waals surface area contributed by atoms with Crippen LogP contribution in [0, 0.1) is 0 Å². The quantitative estimate of drug-likeness (QED) is 0.358. The van der Waals surface area contributed by atoms with Crippen LogP contribution >= 0.6 is 0 Å². The number of nitrogens with zero attached hydrogens (tertiary/aromatic N) is 4. The van der Waals surface area contributed by atoms with Gasteiger partial charge in [-0.15, -0.1) is 0 Å². The minimum Gasteiger partial charge on any atom is -0.497 e. The summed E-state index contributed by atoms with van der Waals surface area (Å²) >= 11 is 0. The average Bonchev–Trinajstić information content (AvgIpc) is 3.21. The number of hydrogen-bond donors (Lipinski definition) is 1. The Balaban J connectivity index is 1.59. The molecule has 0 bridgehead atoms. The molecule has 2 aromatic carbocycles. The van der Waals surface area contributed by atoms with E-state index in [1.165, 1.54) is 0 Å². The molecule has 8 nitrogen and oxygen atoms in total. The summed E-state index contributed by atoms with van der Waals surface area (Å²) in [5.74, 6) is 1.63. The number of aromatic nitrogens is 3. The number of hydrogen-bond acceptors (Lipinski definition) is 6. The number of imidazole rings is 1. The van der Waals surface area contributed by atoms with Crippen molar-refractivity contribution < 1.29 is 14.3 Å². The molecule has 1 N–H and O–H groups in total. The predicted molar refractivity (Wildman–Crippen MR) is 123 cm³/mol. The number of carbonyl (C=O) groups is 1. The highest BCUT2D eigenvalue weighted by Crippen LogP contribution is 2.25. The second-order valence-electron chi connectivity index (χ2n) is 7.02. The first-order valence-corrected chi connectivity index (χ1v) is 10.0. The highest BCUT2D eigenvalue weighted by atomic mass is 16.5. The standard InChI is InChI=1S/C24H23N5O3/c1-16(18-12-11-17(31-2)14-22(18)32-3)27-28-23(30)15-29-21-10-5-4-8-19(21)26-24(29)20-9-6-7-13-25-20/h4-14H,15H2,1-3H3,(H,28,30)/b27-16-. The van der Waals surface area contributed by atoms with Gasteiger partial charge in [-0.25, -0.2) is 10.4 Å². The van der Waals surface area contributed by atoms with Crippen LogP contribution in [0.5, 0.6) is 11.5 Å². The van der Waals surface area contributed by atoms with Crippen LogP contribution in [0.4, 0.5) is 0 Å². The Morgan fingerprint density at radius 1 is 1.06 bits per heavy atom. The van der Waals surface area contributed by atoms with Crippen LogP contribution in [0.2, 0.25) is 0 Å². The van der Waals surface area contributed by atoms with Crippen molar-refractivity contribution in [2.45, 2.75) is 13.5 Å². The van der Waals surface area contributed by atoms with Crippen LogP contribution < -0.4 is 14.9 Å². The van der Waals surface area contributed by atoms with Crippen LogP contribution in [0.1, 0.15) is 12.5 Å². The summed E-state index contributed by atoms with van der Waals surface area (Å²) in [6.07, 6.45) is 1.70. The van der Waals surface area contributed by atoms with Crippen LogP contribution in [0.3, 0.4) is 0 Å². The minimum absolute atomic E-state index is 0.0446. The SMILES string of the molecule is COc1ccc(/C(C)=N\NC(=O)Cn2c(-c3ccccn3)nc3ccccc32)c(OC)c1. The maximum Gasteiger partial charge on any atom is 0.260 e. The summed E-state index contributed by atoms with van der Waals surface area (Å²) in [6, 6.07) is 18.7. The van der Waals surface area contributed by atoms with Crippen LogP contribution in [-0.4, -0.2) is 40.4 Å². The van der Waals surface area contributed by atoms with Gasteiger partial charge in [-0.1, -0.05) is 18.2 Å². The molecule has 4 aromatic rings. The van der Waals surface area contributed by atoms with Gasteiger partial charge in [0.05, 0.1) is 31.0 Å². The third kappa shape index (κ3) is 4.29. The highest BCUT2D eigenvalue weighted by Gasteiger charge is 2.16. The number of carbonyl (C=O) groups excluding carboxylic acids is 1. The van der Waals surface area contributed by atoms with Crippen molar-refractivity contribution in [1.29, 1.82) is 0 Å². The van der Waals surface area contributed by atoms with E-state index in [2.05, 4.69) is 20.5 Å². The molecule has 0 atom stereocenters. The zero-order valence-corrected chi connectivity index (χ0v) is 18.1. The number of pyridine rings is 1. The molecule has 0 unspecified atom stereocenters. The van der Waals surface area contributed by atoms with E-state index in [9.17, 15) is 4.79 Å². The highest BCUT2D eigenvalue weighted by molar-refractivity contribution is 6.01. The zero-order chi connectivity index (χ0) is 22.5. The van der Waals surface area contributed by atoms with Crippen molar-refractivity contribution in [1.82, 2.24) is 20.0 Å². The summed E-state index contributed by atoms with van der Waals surface area (Å²) in [6.45, 7) is 1.85. The van der Waals surface area contributed by atoms with E-state index in [-0.39, 0.29) is 12.5 Å². The van der Waals surface area contributed by atoms with Crippen LogP contribution in [0.25, 0.3) is 22.6 Å². The molecule has 2 aromatic heterocycles. The second kappa shape index (κ2) is 9.30. The number of para-hydroxylation sites is 2. The van der Waals surface area contributed by atoms with Crippen molar-refractivity contribution in [3.8, 4) is 23.0 Å². The molecular weight excluding hydrogens is 406 g/mol. The Morgan fingerprint density at radius 2 is 1.88 bits per heavy atom. The van der Waals surface area contributed by atoms with E-state index in [0.29, 0.717) is 28.7 Å². The lowest BCUT2D eigenvalue weighted by Gasteiger charge is -2.11. The molecule has 4 rings (SSSR count). The molecule has 1 amide bonds. The van der Waals surface area contributed by atoms with Crippen LogP contribution in [-0.2, 0) is 11.3 Å². The molecule has 8 heteroatoms. The minimum atomic E-state index is -0.280. The topological polar surface area (TPSA) is 90.6 Å². The Bertz CT molecular complexity index is 1280. The predicted octanol–water partition coefficient (Wildman–Crippen LogP) is 3.66. The molecule has 0 saturated carbocycles. The van der Waals surface area contributed by atoms with E-state index in [1.807, 2.05) is 59.2 Å². The summed E-state index contributed by atoms with van der Waals surface area (Å²) in [7, 11) is 3.17. The molecule has 0 aliphatic rings. The fourth-order valence-corrected chi connectivity index (χ4v) is 3.41. The number of ether oxygens (including phenoxy) is 2. The van der Waals surface area contributed by atoms with Crippen molar-refractivity contribution in [3.05, 3.63) is 72.4 Å². The van der Waals surface area contributed by atoms with Gasteiger partial charge in [0.15, 0.2) is 5.82 Å². The fraction of sp³-hybridized carbons (Fsp3) is 0.167. The molecule has 0 spiro atoms. The number of hydrazone groups is 1. The molecule has 0 saturated heterocycles. The molecule has 0 aliphatic heterocycles. The number of rotatable bonds is 7. The second-order valence-corrected chi connectivity index (χ2v) is 7.02. The van der Waals surface area contributed by atoms with Gasteiger partial charge < -0.3 is 14.0 Å². The number of methoxy groups -OCH3 is 2. The monoisotopic (exact) mass is 429 g/mol. The normalized spacial score (nSPS) is 11.4. The van der Waals surface area contributed by atoms with E-state index in [0.717, 1.165) is 16.6 Å². The Morgan fingerprint density at radius 3 is 2.62 bits per heavy atom. The summed E-state index contributed by atoms with van der Waals surface area (Å²) in [5.41, 5.74) is 6.34. The van der Waals surface area contributed by atoms with Gasteiger partial charge in [0.2, 0.25) is 0 Å². The summed E-state index contributed by atoms with van der Waals surface area (Å²) in [4.78, 5) is 21.9. The molecule has 0 fully saturated rings. The van der Waals surface area contributed by atoms with Crippen LogP contribution in [0.15, 0.2) is 72.0 Å². The largest absolute Gasteiger partial charge is 0.497 e. The van der Waals surface area contributed by atoms with Gasteiger partial charge in [-0.3, -0.25) is 9.78 Å². The lowest BCUT2D eigenvalue weighted by atomic mass is 10.1. The Kier molecular flexibility index (Phi) is 6.12. The van der Waals surface area contributed by atoms with Crippen molar-refractivity contribution in [3.63, 3.8) is 0 Å². The fourth-order valence-electron chi connectivity index (χ4n) is 3.41. The summed E-state index contributed by atoms with van der Waals surface area (Å²) < 4.78 is 12.5. The summed E-state index contributed by atoms with van der Waals surface area (Å²) in [5, 5.41) is 4.27. The van der Waals surface area contributed by atoms with E-state index >= 15 is 0 Å². The number of amides is 1. The van der Waals surface area contributed by atoms with Crippen molar-refractivity contribution in [2.24, 2.45) is 5.10 Å². The maximum atomic E-state index is 12.8. The average molecular weight is 429 g/mol. The number of fused-ring (bicyclic) bond motifs is 1. The maximum absolute atomic E-state index is 12.8. The van der Waals surface area contributed by atoms with Gasteiger partial charge in [0.25, 0.3) is 5.91 Å². The zero-order valence-electron chi connectivity index (χ0n) is 18.1. The van der Waals surface area contributed by atoms with Gasteiger partial charge in [-0.2, -0.15) is 5.10 Å². The molecule has 162 valence electrons. The third-order valence-electron chi connectivity index (χ3n) is 5.00. The third-order valence-corrected chi connectivity index (χ3v) is 5.00. The smallest absolute Gasteiger partial charge is 0.260 e. The lowest BCUT2D eigenvalue weighted by Crippen LogP contribution is -2.24. The first kappa shape index (κ1) is 21.0. The Hall–Kier alpha value is -4.20. The van der Waals surface area contributed by atoms with Gasteiger partial charge in [0.1, 0.15) is 23.7 Å². The first-order valence-electron chi connectivity index (χ1n) is 10.0. The van der Waals surface area contributed by atoms with E-state index in [4.69, 9.17) is 9.47 Å². The number of benzene rings is 2. The van der Waals surface area contributed by atoms with Gasteiger partial charge >= 0.3 is 0 Å². The molecular formula is C24H23N5O3. The number of nitrogens with one attached hydrogen (secondary N) is 1. The molecule has 0 aliphatic carbocycles.